The number of benzene rings is 1. The molecule has 0 radical (unpaired) electrons. The molecule has 3 aromatic rings. The Labute approximate surface area is 157 Å². The molecule has 2 heterocycles. The maximum Gasteiger partial charge on any atom is 0.333 e. The summed E-state index contributed by atoms with van der Waals surface area (Å²) in [4.78, 5) is 6.62. The number of aryl methyl sites for hydroxylation is 1. The standard InChI is InChI=1S/C18H25N2O4PS/c1-5-22-16(12-25(21,23-6-2)24-7-3)17-13(4)20-15-11-9-8-10-14(15)19-18(20)26-17/h8-11,16H,5-7,12H2,1-4H3. The molecule has 0 aliphatic rings. The summed E-state index contributed by atoms with van der Waals surface area (Å²) in [6.07, 6.45) is -0.153. The van der Waals surface area contributed by atoms with Gasteiger partial charge in [0.05, 0.1) is 35.3 Å². The van der Waals surface area contributed by atoms with Crippen LogP contribution in [0.25, 0.3) is 16.0 Å². The van der Waals surface area contributed by atoms with Crippen LogP contribution in [0.3, 0.4) is 0 Å². The van der Waals surface area contributed by atoms with E-state index in [1.54, 1.807) is 11.3 Å². The van der Waals surface area contributed by atoms with E-state index >= 15 is 0 Å². The maximum absolute atomic E-state index is 13.0. The second kappa shape index (κ2) is 8.19. The number of fused-ring (bicyclic) bond motifs is 3. The molecule has 0 aliphatic heterocycles. The van der Waals surface area contributed by atoms with Gasteiger partial charge in [0, 0.05) is 12.3 Å². The van der Waals surface area contributed by atoms with Crippen LogP contribution < -0.4 is 0 Å². The van der Waals surface area contributed by atoms with E-state index in [9.17, 15) is 4.57 Å². The summed E-state index contributed by atoms with van der Waals surface area (Å²) in [5.74, 6) is 0. The van der Waals surface area contributed by atoms with Gasteiger partial charge in [0.25, 0.3) is 0 Å². The predicted molar refractivity (Wildman–Crippen MR) is 105 cm³/mol. The highest BCUT2D eigenvalue weighted by Crippen LogP contribution is 2.52. The molecule has 1 aromatic carbocycles. The molecule has 2 aromatic heterocycles. The minimum Gasteiger partial charge on any atom is -0.372 e. The van der Waals surface area contributed by atoms with E-state index in [-0.39, 0.29) is 12.3 Å². The first-order chi connectivity index (χ1) is 12.5. The van der Waals surface area contributed by atoms with Crippen LogP contribution in [0.1, 0.15) is 37.4 Å². The number of aromatic nitrogens is 2. The number of ether oxygens (including phenoxy) is 1. The van der Waals surface area contributed by atoms with Crippen molar-refractivity contribution in [1.82, 2.24) is 9.38 Å². The molecule has 1 unspecified atom stereocenters. The van der Waals surface area contributed by atoms with Crippen LogP contribution in [0.4, 0.5) is 0 Å². The number of nitrogens with zero attached hydrogens (tertiary/aromatic N) is 2. The number of hydrogen-bond donors (Lipinski definition) is 0. The predicted octanol–water partition coefficient (Wildman–Crippen LogP) is 5.20. The van der Waals surface area contributed by atoms with Crippen LogP contribution >= 0.6 is 18.9 Å². The Morgan fingerprint density at radius 2 is 1.85 bits per heavy atom. The van der Waals surface area contributed by atoms with Gasteiger partial charge in [0.1, 0.15) is 6.10 Å². The van der Waals surface area contributed by atoms with Crippen LogP contribution in [-0.2, 0) is 18.3 Å². The zero-order chi connectivity index (χ0) is 18.7. The lowest BCUT2D eigenvalue weighted by atomic mass is 10.2. The molecule has 26 heavy (non-hydrogen) atoms. The summed E-state index contributed by atoms with van der Waals surface area (Å²) in [6.45, 7) is 8.81. The molecule has 0 spiro atoms. The monoisotopic (exact) mass is 396 g/mol. The van der Waals surface area contributed by atoms with Crippen molar-refractivity contribution >= 4 is 34.9 Å². The molecule has 3 rings (SSSR count). The van der Waals surface area contributed by atoms with E-state index in [2.05, 4.69) is 10.5 Å². The average Bonchev–Trinajstić information content (AvgIpc) is 3.11. The van der Waals surface area contributed by atoms with Crippen LogP contribution in [-0.4, -0.2) is 35.4 Å². The second-order valence-electron chi connectivity index (χ2n) is 5.84. The lowest BCUT2D eigenvalue weighted by Gasteiger charge is -2.23. The molecule has 0 N–H and O–H groups in total. The number of hydrogen-bond acceptors (Lipinski definition) is 6. The quantitative estimate of drug-likeness (QED) is 0.465. The van der Waals surface area contributed by atoms with E-state index in [0.29, 0.717) is 19.8 Å². The number of rotatable bonds is 9. The maximum atomic E-state index is 13.0. The molecule has 0 saturated carbocycles. The van der Waals surface area contributed by atoms with Crippen molar-refractivity contribution in [2.24, 2.45) is 0 Å². The first kappa shape index (κ1) is 19.5. The largest absolute Gasteiger partial charge is 0.372 e. The normalized spacial score (nSPS) is 13.7. The van der Waals surface area contributed by atoms with Crippen molar-refractivity contribution in [3.8, 4) is 0 Å². The Hall–Kier alpha value is -1.24. The lowest BCUT2D eigenvalue weighted by Crippen LogP contribution is -2.13. The van der Waals surface area contributed by atoms with Crippen molar-refractivity contribution in [3.63, 3.8) is 0 Å². The van der Waals surface area contributed by atoms with Crippen molar-refractivity contribution in [2.45, 2.75) is 33.8 Å². The fourth-order valence-corrected chi connectivity index (χ4v) is 6.21. The van der Waals surface area contributed by atoms with Gasteiger partial charge in [0.15, 0.2) is 4.96 Å². The van der Waals surface area contributed by atoms with Gasteiger partial charge in [-0.15, -0.1) is 0 Å². The third-order valence-electron chi connectivity index (χ3n) is 4.12. The van der Waals surface area contributed by atoms with E-state index in [4.69, 9.17) is 18.8 Å². The minimum absolute atomic E-state index is 0.199. The first-order valence-electron chi connectivity index (χ1n) is 8.89. The summed E-state index contributed by atoms with van der Waals surface area (Å²) in [5.41, 5.74) is 3.09. The fourth-order valence-electron chi connectivity index (χ4n) is 3.13. The van der Waals surface area contributed by atoms with Crippen molar-refractivity contribution in [2.75, 3.05) is 26.0 Å². The van der Waals surface area contributed by atoms with Crippen molar-refractivity contribution in [3.05, 3.63) is 34.8 Å². The number of thiazole rings is 1. The van der Waals surface area contributed by atoms with Crippen molar-refractivity contribution in [1.29, 1.82) is 0 Å². The van der Waals surface area contributed by atoms with Gasteiger partial charge in [-0.1, -0.05) is 23.5 Å². The number of imidazole rings is 1. The molecule has 142 valence electrons. The van der Waals surface area contributed by atoms with E-state index in [1.807, 2.05) is 45.9 Å². The van der Waals surface area contributed by atoms with E-state index in [1.165, 1.54) is 0 Å². The molecular formula is C18H25N2O4PS. The lowest BCUT2D eigenvalue weighted by molar-refractivity contribution is 0.0734. The van der Waals surface area contributed by atoms with Crippen LogP contribution in [0.2, 0.25) is 0 Å². The van der Waals surface area contributed by atoms with Gasteiger partial charge >= 0.3 is 7.60 Å². The minimum atomic E-state index is -3.21. The molecule has 6 nitrogen and oxygen atoms in total. The summed E-state index contributed by atoms with van der Waals surface area (Å²) < 4.78 is 32.0. The number of para-hydroxylation sites is 2. The van der Waals surface area contributed by atoms with Gasteiger partial charge in [-0.05, 0) is 39.8 Å². The zero-order valence-corrected chi connectivity index (χ0v) is 17.3. The third-order valence-corrected chi connectivity index (χ3v) is 7.44. The zero-order valence-electron chi connectivity index (χ0n) is 15.6. The topological polar surface area (TPSA) is 62.1 Å². The fraction of sp³-hybridized carbons (Fsp3) is 0.500. The Bertz CT molecular complexity index is 926. The Morgan fingerprint density at radius 3 is 2.50 bits per heavy atom. The van der Waals surface area contributed by atoms with Gasteiger partial charge < -0.3 is 13.8 Å². The highest BCUT2D eigenvalue weighted by atomic mass is 32.1. The van der Waals surface area contributed by atoms with Gasteiger partial charge in [-0.25, -0.2) is 4.98 Å². The smallest absolute Gasteiger partial charge is 0.333 e. The SMILES string of the molecule is CCOC(CP(=O)(OCC)OCC)c1sc2nc3ccccc3n2c1C. The van der Waals surface area contributed by atoms with Crippen LogP contribution in [0.15, 0.2) is 24.3 Å². The molecule has 0 fully saturated rings. The Kier molecular flexibility index (Phi) is 6.15. The van der Waals surface area contributed by atoms with Crippen LogP contribution in [0, 0.1) is 6.92 Å². The highest BCUT2D eigenvalue weighted by Gasteiger charge is 2.32. The van der Waals surface area contributed by atoms with E-state index in [0.717, 1.165) is 26.6 Å². The molecule has 0 amide bonds. The highest BCUT2D eigenvalue weighted by molar-refractivity contribution is 7.53. The van der Waals surface area contributed by atoms with Crippen molar-refractivity contribution < 1.29 is 18.3 Å². The Morgan fingerprint density at radius 1 is 1.15 bits per heavy atom. The summed E-state index contributed by atoms with van der Waals surface area (Å²) in [5, 5.41) is 0. The Balaban J connectivity index is 2.02. The molecule has 8 heteroatoms. The third kappa shape index (κ3) is 3.73. The molecule has 0 bridgehead atoms. The first-order valence-corrected chi connectivity index (χ1v) is 11.4. The van der Waals surface area contributed by atoms with E-state index < -0.39 is 7.60 Å². The molecular weight excluding hydrogens is 371 g/mol. The van der Waals surface area contributed by atoms with Gasteiger partial charge in [0.2, 0.25) is 0 Å². The average molecular weight is 396 g/mol. The van der Waals surface area contributed by atoms with Gasteiger partial charge in [-0.3, -0.25) is 8.97 Å². The second-order valence-corrected chi connectivity index (χ2v) is 8.96. The van der Waals surface area contributed by atoms with Gasteiger partial charge in [-0.2, -0.15) is 0 Å². The summed E-state index contributed by atoms with van der Waals surface area (Å²) >= 11 is 1.57. The molecule has 0 saturated heterocycles. The van der Waals surface area contributed by atoms with Crippen LogP contribution in [0.5, 0.6) is 0 Å². The molecule has 1 atom stereocenters. The summed E-state index contributed by atoms with van der Waals surface area (Å²) in [6, 6.07) is 8.05. The summed E-state index contributed by atoms with van der Waals surface area (Å²) in [7, 11) is -3.21. The molecule has 0 aliphatic carbocycles.